The van der Waals surface area contributed by atoms with Gasteiger partial charge in [0.15, 0.2) is 17.7 Å². The van der Waals surface area contributed by atoms with Crippen molar-refractivity contribution in [3.8, 4) is 0 Å². The molecular weight excluding hydrogens is 474 g/mol. The van der Waals surface area contributed by atoms with E-state index in [2.05, 4.69) is 74.8 Å². The molecule has 6 rings (SSSR count). The van der Waals surface area contributed by atoms with Crippen LogP contribution in [0.15, 0.2) is 71.8 Å². The molecule has 0 saturated carbocycles. The zero-order valence-electron chi connectivity index (χ0n) is 20.9. The Kier molecular flexibility index (Phi) is 6.99. The van der Waals surface area contributed by atoms with E-state index >= 15 is 0 Å². The summed E-state index contributed by atoms with van der Waals surface area (Å²) < 4.78 is 5.98. The summed E-state index contributed by atoms with van der Waals surface area (Å²) in [7, 11) is 3.45. The van der Waals surface area contributed by atoms with Crippen molar-refractivity contribution >= 4 is 30.1 Å². The molecule has 1 atom stereocenters. The predicted molar refractivity (Wildman–Crippen MR) is 143 cm³/mol. The molecule has 1 saturated heterocycles. The normalized spacial score (nSPS) is 22.8. The van der Waals surface area contributed by atoms with E-state index in [0.29, 0.717) is 0 Å². The number of nitrogens with zero attached hydrogens (tertiary/aromatic N) is 5. The van der Waals surface area contributed by atoms with Gasteiger partial charge >= 0.3 is 5.88 Å². The monoisotopic (exact) mass is 506 g/mol. The summed E-state index contributed by atoms with van der Waals surface area (Å²) >= 11 is 0. The number of hydrogen-bond donors (Lipinski definition) is 0. The number of quaternary nitrogens is 1. The average molecular weight is 507 g/mol. The summed E-state index contributed by atoms with van der Waals surface area (Å²) in [4.78, 5) is 11.1. The van der Waals surface area contributed by atoms with Crippen LogP contribution in [0.4, 0.5) is 5.82 Å². The van der Waals surface area contributed by atoms with Gasteiger partial charge < -0.3 is 9.64 Å². The highest BCUT2D eigenvalue weighted by Crippen LogP contribution is 2.43. The van der Waals surface area contributed by atoms with Crippen molar-refractivity contribution in [3.63, 3.8) is 0 Å². The molecule has 36 heavy (non-hydrogen) atoms. The minimum atomic E-state index is 0. The third-order valence-corrected chi connectivity index (χ3v) is 7.57. The van der Waals surface area contributed by atoms with E-state index in [-0.39, 0.29) is 17.1 Å². The lowest BCUT2D eigenvalue weighted by Crippen LogP contribution is -2.50. The fourth-order valence-corrected chi connectivity index (χ4v) is 5.72. The molecule has 2 aromatic rings. The summed E-state index contributed by atoms with van der Waals surface area (Å²) in [5.41, 5.74) is 4.99. The first kappa shape index (κ1) is 24.7. The number of allylic oxidation sites excluding steroid dienone is 3. The van der Waals surface area contributed by atoms with Gasteiger partial charge in [-0.3, -0.25) is 4.90 Å². The van der Waals surface area contributed by atoms with Gasteiger partial charge in [-0.05, 0) is 30.4 Å². The fraction of sp³-hybridized carbons (Fsp3) is 0.357. The molecule has 4 heterocycles. The standard InChI is InChI=1S/C28H32N5O2.ClH/c1-34-25-18-22-10-6-7-11-24(22)27-26-23(20-33(25,27)35-2)19-29-30-28(26)32-16-14-31(15-17-32)13-12-21-8-4-3-5-9-21;/h3-5,7-9,11,18-20H,6,10,12-17H2,1-2H3;1H/q+1;. The second kappa shape index (κ2) is 10.2. The number of anilines is 1. The number of rotatable bonds is 6. The summed E-state index contributed by atoms with van der Waals surface area (Å²) in [5.74, 6) is 1.71. The Morgan fingerprint density at radius 3 is 2.61 bits per heavy atom. The van der Waals surface area contributed by atoms with E-state index in [9.17, 15) is 0 Å². The molecular formula is C28H33ClN5O2+. The third-order valence-electron chi connectivity index (χ3n) is 7.57. The number of aromatic nitrogens is 2. The van der Waals surface area contributed by atoms with Crippen LogP contribution in [-0.4, -0.2) is 66.7 Å². The van der Waals surface area contributed by atoms with Crippen LogP contribution in [0.1, 0.15) is 18.4 Å². The van der Waals surface area contributed by atoms with Gasteiger partial charge in [-0.1, -0.05) is 47.1 Å². The van der Waals surface area contributed by atoms with E-state index < -0.39 is 0 Å². The first-order chi connectivity index (χ1) is 17.2. The zero-order valence-corrected chi connectivity index (χ0v) is 21.7. The van der Waals surface area contributed by atoms with Crippen molar-refractivity contribution in [3.05, 3.63) is 87.8 Å². The topological polar surface area (TPSA) is 50.7 Å². The molecule has 3 aliphatic heterocycles. The van der Waals surface area contributed by atoms with E-state index in [1.165, 1.54) is 16.7 Å². The number of hydroxylamine groups is 3. The zero-order chi connectivity index (χ0) is 23.8. The van der Waals surface area contributed by atoms with Crippen molar-refractivity contribution in [2.24, 2.45) is 0 Å². The maximum absolute atomic E-state index is 6.17. The number of fused-ring (bicyclic) bond motifs is 3. The SMILES string of the molecule is COC1=CC2=C(C=CCC2)C2=c3c(N4CCN(CCc5ccccc5)CC4)nncc3=C[N+]12OC.Cl. The van der Waals surface area contributed by atoms with E-state index in [4.69, 9.17) is 9.57 Å². The molecule has 1 aliphatic carbocycles. The number of piperazine rings is 1. The second-order valence-electron chi connectivity index (χ2n) is 9.45. The summed E-state index contributed by atoms with van der Waals surface area (Å²) in [5, 5.41) is 11.2. The van der Waals surface area contributed by atoms with Gasteiger partial charge in [-0.25, -0.2) is 0 Å². The fourth-order valence-electron chi connectivity index (χ4n) is 5.72. The summed E-state index contributed by atoms with van der Waals surface area (Å²) in [6.07, 6.45) is 13.7. The first-order valence-electron chi connectivity index (χ1n) is 12.4. The van der Waals surface area contributed by atoms with E-state index in [0.717, 1.165) is 79.8 Å². The molecule has 1 unspecified atom stereocenters. The van der Waals surface area contributed by atoms with Crippen LogP contribution in [0.2, 0.25) is 0 Å². The molecule has 0 N–H and O–H groups in total. The van der Waals surface area contributed by atoms with Crippen molar-refractivity contribution in [1.82, 2.24) is 15.1 Å². The lowest BCUT2D eigenvalue weighted by Gasteiger charge is -2.36. The van der Waals surface area contributed by atoms with Crippen molar-refractivity contribution in [1.29, 1.82) is 0 Å². The third kappa shape index (κ3) is 4.06. The molecule has 0 spiro atoms. The first-order valence-corrected chi connectivity index (χ1v) is 12.4. The Bertz CT molecular complexity index is 1350. The van der Waals surface area contributed by atoms with Gasteiger partial charge in [-0.2, -0.15) is 9.94 Å². The molecule has 0 bridgehead atoms. The maximum Gasteiger partial charge on any atom is 0.335 e. The Morgan fingerprint density at radius 1 is 1.06 bits per heavy atom. The summed E-state index contributed by atoms with van der Waals surface area (Å²) in [6, 6.07) is 10.7. The van der Waals surface area contributed by atoms with Crippen LogP contribution in [0, 0.1) is 0 Å². The molecule has 1 aromatic heterocycles. The molecule has 1 aromatic carbocycles. The number of halogens is 1. The van der Waals surface area contributed by atoms with Gasteiger partial charge in [0.05, 0.1) is 30.9 Å². The smallest absolute Gasteiger partial charge is 0.335 e. The van der Waals surface area contributed by atoms with Crippen LogP contribution >= 0.6 is 12.4 Å². The van der Waals surface area contributed by atoms with Gasteiger partial charge in [0, 0.05) is 44.4 Å². The Hall–Kier alpha value is -2.97. The van der Waals surface area contributed by atoms with Crippen LogP contribution in [0.25, 0.3) is 11.9 Å². The highest BCUT2D eigenvalue weighted by molar-refractivity contribution is 5.85. The minimum Gasteiger partial charge on any atom is -0.452 e. The second-order valence-corrected chi connectivity index (χ2v) is 9.45. The van der Waals surface area contributed by atoms with E-state index in [1.54, 1.807) is 14.2 Å². The van der Waals surface area contributed by atoms with Gasteiger partial charge in [0.2, 0.25) is 0 Å². The van der Waals surface area contributed by atoms with Gasteiger partial charge in [0.1, 0.15) is 0 Å². The molecule has 0 amide bonds. The molecule has 1 fully saturated rings. The number of benzene rings is 1. The van der Waals surface area contributed by atoms with E-state index in [1.807, 2.05) is 6.20 Å². The molecule has 188 valence electrons. The van der Waals surface area contributed by atoms with Crippen LogP contribution < -0.4 is 15.3 Å². The maximum atomic E-state index is 6.17. The van der Waals surface area contributed by atoms with Crippen molar-refractivity contribution in [2.75, 3.05) is 51.8 Å². The molecule has 4 aliphatic rings. The molecule has 0 radical (unpaired) electrons. The average Bonchev–Trinajstić information content (AvgIpc) is 3.28. The predicted octanol–water partition coefficient (Wildman–Crippen LogP) is 2.65. The molecule has 7 nitrogen and oxygen atoms in total. The van der Waals surface area contributed by atoms with Crippen molar-refractivity contribution in [2.45, 2.75) is 19.3 Å². The molecule has 8 heteroatoms. The highest BCUT2D eigenvalue weighted by Gasteiger charge is 2.49. The highest BCUT2D eigenvalue weighted by atomic mass is 35.5. The number of methoxy groups -OCH3 is 1. The Morgan fingerprint density at radius 2 is 1.86 bits per heavy atom. The summed E-state index contributed by atoms with van der Waals surface area (Å²) in [6.45, 7) is 4.95. The lowest BCUT2D eigenvalue weighted by atomic mass is 9.91. The Balaban J connectivity index is 0.00000267. The van der Waals surface area contributed by atoms with Gasteiger partial charge in [0.25, 0.3) is 0 Å². The van der Waals surface area contributed by atoms with Crippen molar-refractivity contribution < 1.29 is 14.2 Å². The number of hydrogen-bond acceptors (Lipinski definition) is 6. The minimum absolute atomic E-state index is 0. The lowest BCUT2D eigenvalue weighted by molar-refractivity contribution is -0.962. The van der Waals surface area contributed by atoms with Crippen LogP contribution in [0.3, 0.4) is 0 Å². The van der Waals surface area contributed by atoms with Crippen LogP contribution in [-0.2, 0) is 16.0 Å². The Labute approximate surface area is 218 Å². The van der Waals surface area contributed by atoms with Crippen LogP contribution in [0.5, 0.6) is 0 Å². The quantitative estimate of drug-likeness (QED) is 0.561. The number of ether oxygens (including phenoxy) is 1. The van der Waals surface area contributed by atoms with Gasteiger partial charge in [-0.15, -0.1) is 17.5 Å². The largest absolute Gasteiger partial charge is 0.452 e.